The van der Waals surface area contributed by atoms with E-state index in [4.69, 9.17) is 0 Å². The van der Waals surface area contributed by atoms with Crippen LogP contribution in [-0.4, -0.2) is 15.0 Å². The Morgan fingerprint density at radius 1 is 1.21 bits per heavy atom. The number of nitro benzene ring substituents is 2. The Hall–Kier alpha value is -1.70. The van der Waals surface area contributed by atoms with Gasteiger partial charge in [0, 0.05) is 6.07 Å². The van der Waals surface area contributed by atoms with Gasteiger partial charge in [0.05, 0.1) is 14.3 Å². The third-order valence-corrected chi connectivity index (χ3v) is 2.10. The zero-order valence-corrected chi connectivity index (χ0v) is 8.09. The van der Waals surface area contributed by atoms with Crippen LogP contribution in [0.5, 0.6) is 5.75 Å². The van der Waals surface area contributed by atoms with Crippen molar-refractivity contribution in [3.63, 3.8) is 0 Å². The van der Waals surface area contributed by atoms with E-state index in [2.05, 4.69) is 15.9 Å². The highest BCUT2D eigenvalue weighted by Gasteiger charge is 2.27. The minimum Gasteiger partial charge on any atom is -0.497 e. The first kappa shape index (κ1) is 10.4. The Labute approximate surface area is 85.4 Å². The van der Waals surface area contributed by atoms with Crippen molar-refractivity contribution in [3.05, 3.63) is 36.8 Å². The average Bonchev–Trinajstić information content (AvgIpc) is 2.02. The van der Waals surface area contributed by atoms with Crippen LogP contribution >= 0.6 is 15.9 Å². The lowest BCUT2D eigenvalue weighted by atomic mass is 10.2. The number of phenols is 1. The maximum atomic E-state index is 10.4. The number of benzene rings is 1. The highest BCUT2D eigenvalue weighted by Crippen LogP contribution is 2.40. The number of nitro groups is 2. The maximum absolute atomic E-state index is 10.4. The van der Waals surface area contributed by atoms with Crippen LogP contribution in [0.4, 0.5) is 11.4 Å². The van der Waals surface area contributed by atoms with Crippen LogP contribution < -0.4 is 0 Å². The molecule has 0 saturated heterocycles. The molecular formula is C6H3BrN2O5. The molecule has 0 heterocycles. The van der Waals surface area contributed by atoms with Gasteiger partial charge in [-0.15, -0.1) is 0 Å². The Balaban J connectivity index is 3.49. The van der Waals surface area contributed by atoms with E-state index in [1.54, 1.807) is 0 Å². The molecule has 0 fully saturated rings. The second-order valence-corrected chi connectivity index (χ2v) is 3.13. The molecule has 0 bridgehead atoms. The number of halogens is 1. The lowest BCUT2D eigenvalue weighted by molar-refractivity contribution is -0.396. The summed E-state index contributed by atoms with van der Waals surface area (Å²) in [6.07, 6.45) is 0. The molecule has 0 aromatic heterocycles. The molecule has 14 heavy (non-hydrogen) atoms. The van der Waals surface area contributed by atoms with Crippen molar-refractivity contribution in [1.82, 2.24) is 0 Å². The van der Waals surface area contributed by atoms with Gasteiger partial charge in [0.25, 0.3) is 5.75 Å². The van der Waals surface area contributed by atoms with Crippen molar-refractivity contribution in [1.29, 1.82) is 0 Å². The lowest BCUT2D eigenvalue weighted by Crippen LogP contribution is -1.94. The molecule has 1 N–H and O–H groups in total. The van der Waals surface area contributed by atoms with Gasteiger partial charge in [0.15, 0.2) is 0 Å². The Morgan fingerprint density at radius 3 is 2.21 bits per heavy atom. The third-order valence-electron chi connectivity index (χ3n) is 1.46. The fourth-order valence-electron chi connectivity index (χ4n) is 0.865. The summed E-state index contributed by atoms with van der Waals surface area (Å²) in [7, 11) is 0. The summed E-state index contributed by atoms with van der Waals surface area (Å²) in [5.74, 6) is -0.950. The zero-order chi connectivity index (χ0) is 10.9. The number of aromatic hydroxyl groups is 1. The van der Waals surface area contributed by atoms with Gasteiger partial charge < -0.3 is 5.11 Å². The molecule has 74 valence electrons. The summed E-state index contributed by atoms with van der Waals surface area (Å²) in [5.41, 5.74) is -1.40. The summed E-state index contributed by atoms with van der Waals surface area (Å²) in [4.78, 5) is 18.9. The summed E-state index contributed by atoms with van der Waals surface area (Å²) in [5, 5.41) is 29.9. The van der Waals surface area contributed by atoms with E-state index in [0.717, 1.165) is 12.1 Å². The second kappa shape index (κ2) is 3.58. The molecule has 0 amide bonds. The quantitative estimate of drug-likeness (QED) is 0.648. The largest absolute Gasteiger partial charge is 0.497 e. The van der Waals surface area contributed by atoms with Gasteiger partial charge in [0.1, 0.15) is 0 Å². The predicted octanol–water partition coefficient (Wildman–Crippen LogP) is 1.97. The smallest absolute Gasteiger partial charge is 0.332 e. The van der Waals surface area contributed by atoms with Crippen molar-refractivity contribution in [3.8, 4) is 5.75 Å². The van der Waals surface area contributed by atoms with Crippen LogP contribution in [0.2, 0.25) is 0 Å². The van der Waals surface area contributed by atoms with E-state index < -0.39 is 27.0 Å². The molecule has 1 aromatic rings. The van der Waals surface area contributed by atoms with E-state index in [-0.39, 0.29) is 4.47 Å². The van der Waals surface area contributed by atoms with Gasteiger partial charge in [-0.3, -0.25) is 20.2 Å². The zero-order valence-electron chi connectivity index (χ0n) is 6.51. The molecule has 0 aliphatic rings. The first-order valence-corrected chi connectivity index (χ1v) is 4.04. The molecule has 0 atom stereocenters. The van der Waals surface area contributed by atoms with E-state index in [0.29, 0.717) is 0 Å². The number of hydrogen-bond acceptors (Lipinski definition) is 5. The lowest BCUT2D eigenvalue weighted by Gasteiger charge is -1.98. The van der Waals surface area contributed by atoms with Crippen molar-refractivity contribution < 1.29 is 15.0 Å². The van der Waals surface area contributed by atoms with Gasteiger partial charge in [-0.25, -0.2) is 0 Å². The molecule has 8 heteroatoms. The monoisotopic (exact) mass is 262 g/mol. The Bertz CT molecular complexity index is 419. The van der Waals surface area contributed by atoms with Crippen LogP contribution in [0.25, 0.3) is 0 Å². The van der Waals surface area contributed by atoms with Gasteiger partial charge in [-0.05, 0) is 22.0 Å². The number of rotatable bonds is 2. The second-order valence-electron chi connectivity index (χ2n) is 2.28. The van der Waals surface area contributed by atoms with E-state index in [1.807, 2.05) is 0 Å². The first-order valence-electron chi connectivity index (χ1n) is 3.25. The van der Waals surface area contributed by atoms with Crippen molar-refractivity contribution in [2.45, 2.75) is 0 Å². The Morgan fingerprint density at radius 2 is 1.79 bits per heavy atom. The Kier molecular flexibility index (Phi) is 2.65. The number of phenolic OH excluding ortho intramolecular Hbond substituents is 1. The van der Waals surface area contributed by atoms with E-state index in [9.17, 15) is 25.3 Å². The SMILES string of the molecule is O=[N+]([O-])c1ccc(Br)c([N+](=O)[O-])c1O. The van der Waals surface area contributed by atoms with Crippen LogP contribution in [0.1, 0.15) is 0 Å². The third kappa shape index (κ3) is 1.64. The fraction of sp³-hybridized carbons (Fsp3) is 0. The van der Waals surface area contributed by atoms with Gasteiger partial charge in [-0.2, -0.15) is 0 Å². The van der Waals surface area contributed by atoms with Crippen LogP contribution in [0, 0.1) is 20.2 Å². The molecule has 0 aliphatic heterocycles. The van der Waals surface area contributed by atoms with Crippen LogP contribution in [0.3, 0.4) is 0 Å². The number of nitrogens with zero attached hydrogens (tertiary/aromatic N) is 2. The van der Waals surface area contributed by atoms with Crippen molar-refractivity contribution >= 4 is 27.3 Å². The van der Waals surface area contributed by atoms with Crippen molar-refractivity contribution in [2.24, 2.45) is 0 Å². The normalized spacial score (nSPS) is 9.79. The fourth-order valence-corrected chi connectivity index (χ4v) is 1.33. The molecule has 1 aromatic carbocycles. The first-order chi connectivity index (χ1) is 6.45. The number of hydrogen-bond donors (Lipinski definition) is 1. The molecule has 7 nitrogen and oxygen atoms in total. The minimum atomic E-state index is -0.950. The summed E-state index contributed by atoms with van der Waals surface area (Å²) >= 11 is 2.81. The highest BCUT2D eigenvalue weighted by molar-refractivity contribution is 9.10. The topological polar surface area (TPSA) is 107 Å². The van der Waals surface area contributed by atoms with Crippen LogP contribution in [0.15, 0.2) is 16.6 Å². The van der Waals surface area contributed by atoms with Gasteiger partial charge in [0.2, 0.25) is 0 Å². The summed E-state index contributed by atoms with van der Waals surface area (Å²) < 4.78 is -0.00870. The molecule has 1 rings (SSSR count). The standard InChI is InChI=1S/C6H3BrN2O5/c7-3-1-2-4(8(11)12)6(10)5(3)9(13)14/h1-2,10H. The molecule has 0 spiro atoms. The molecule has 0 radical (unpaired) electrons. The minimum absolute atomic E-state index is 0.00870. The van der Waals surface area contributed by atoms with Crippen LogP contribution in [-0.2, 0) is 0 Å². The van der Waals surface area contributed by atoms with Gasteiger partial charge >= 0.3 is 11.4 Å². The summed E-state index contributed by atoms with van der Waals surface area (Å²) in [6.45, 7) is 0. The average molecular weight is 263 g/mol. The van der Waals surface area contributed by atoms with Gasteiger partial charge in [-0.1, -0.05) is 0 Å². The van der Waals surface area contributed by atoms with E-state index >= 15 is 0 Å². The molecular weight excluding hydrogens is 260 g/mol. The van der Waals surface area contributed by atoms with Crippen molar-refractivity contribution in [2.75, 3.05) is 0 Å². The molecule has 0 saturated carbocycles. The van der Waals surface area contributed by atoms with E-state index in [1.165, 1.54) is 0 Å². The predicted molar refractivity (Wildman–Crippen MR) is 49.1 cm³/mol. The summed E-state index contributed by atoms with van der Waals surface area (Å²) in [6, 6.07) is 2.11. The molecule has 0 unspecified atom stereocenters. The molecule has 0 aliphatic carbocycles. The maximum Gasteiger partial charge on any atom is 0.332 e. The highest BCUT2D eigenvalue weighted by atomic mass is 79.9.